The van der Waals surface area contributed by atoms with E-state index in [0.29, 0.717) is 0 Å². The van der Waals surface area contributed by atoms with E-state index in [0.717, 1.165) is 29.6 Å². The molecule has 0 amide bonds. The lowest BCUT2D eigenvalue weighted by Gasteiger charge is -2.36. The topological polar surface area (TPSA) is 34.1 Å². The van der Waals surface area contributed by atoms with Crippen LogP contribution in [0.25, 0.3) is 0 Å². The molecule has 0 spiro atoms. The van der Waals surface area contributed by atoms with Gasteiger partial charge in [0.1, 0.15) is 0 Å². The van der Waals surface area contributed by atoms with Gasteiger partial charge in [-0.2, -0.15) is 0 Å². The van der Waals surface area contributed by atoms with Gasteiger partial charge in [-0.1, -0.05) is 6.92 Å². The maximum atomic E-state index is 5.93. The fourth-order valence-corrected chi connectivity index (χ4v) is 2.37. The number of rotatable bonds is 7. The monoisotopic (exact) mass is 314 g/mol. The molecule has 1 aromatic heterocycles. The second-order valence-electron chi connectivity index (χ2n) is 4.61. The molecule has 0 aliphatic rings. The number of ether oxygens (including phenoxy) is 1. The molecule has 3 nitrogen and oxygen atoms in total. The van der Waals surface area contributed by atoms with Crippen molar-refractivity contribution in [1.82, 2.24) is 10.3 Å². The zero-order chi connectivity index (χ0) is 13.6. The van der Waals surface area contributed by atoms with Crippen molar-refractivity contribution in [2.45, 2.75) is 45.3 Å². The molecule has 18 heavy (non-hydrogen) atoms. The second-order valence-corrected chi connectivity index (χ2v) is 5.53. The van der Waals surface area contributed by atoms with Gasteiger partial charge in [-0.05, 0) is 55.4 Å². The minimum Gasteiger partial charge on any atom is -0.374 e. The third-order valence-electron chi connectivity index (χ3n) is 3.46. The van der Waals surface area contributed by atoms with Gasteiger partial charge in [-0.3, -0.25) is 4.98 Å². The Kier molecular flexibility index (Phi) is 6.26. The summed E-state index contributed by atoms with van der Waals surface area (Å²) >= 11 is 3.40. The molecule has 0 saturated heterocycles. The normalized spacial score (nSPS) is 16.3. The molecule has 0 saturated carbocycles. The molecule has 102 valence electrons. The zero-order valence-electron chi connectivity index (χ0n) is 11.7. The van der Waals surface area contributed by atoms with Crippen LogP contribution < -0.4 is 5.32 Å². The van der Waals surface area contributed by atoms with Gasteiger partial charge in [-0.25, -0.2) is 0 Å². The first-order valence-corrected chi connectivity index (χ1v) is 7.26. The van der Waals surface area contributed by atoms with E-state index in [9.17, 15) is 0 Å². The van der Waals surface area contributed by atoms with Crippen LogP contribution in [0.5, 0.6) is 0 Å². The number of hydrogen-bond donors (Lipinski definition) is 1. The average Bonchev–Trinajstić information content (AvgIpc) is 2.38. The molecule has 0 radical (unpaired) electrons. The van der Waals surface area contributed by atoms with Crippen LogP contribution >= 0.6 is 15.9 Å². The summed E-state index contributed by atoms with van der Waals surface area (Å²) in [5.74, 6) is 0. The van der Waals surface area contributed by atoms with E-state index < -0.39 is 0 Å². The highest BCUT2D eigenvalue weighted by molar-refractivity contribution is 9.10. The Balaban J connectivity index is 2.79. The lowest BCUT2D eigenvalue weighted by Crippen LogP contribution is -2.50. The van der Waals surface area contributed by atoms with Crippen molar-refractivity contribution in [3.05, 3.63) is 28.5 Å². The molecule has 2 atom stereocenters. The Hall–Kier alpha value is -0.450. The summed E-state index contributed by atoms with van der Waals surface area (Å²) in [4.78, 5) is 4.43. The quantitative estimate of drug-likeness (QED) is 0.839. The maximum Gasteiger partial charge on any atom is 0.0807 e. The number of nitrogens with zero attached hydrogens (tertiary/aromatic N) is 1. The molecule has 1 heterocycles. The summed E-state index contributed by atoms with van der Waals surface area (Å²) in [7, 11) is 1.98. The fraction of sp³-hybridized carbons (Fsp3) is 0.643. The van der Waals surface area contributed by atoms with Crippen LogP contribution in [0.2, 0.25) is 0 Å². The van der Waals surface area contributed by atoms with Gasteiger partial charge in [0.05, 0.1) is 5.60 Å². The number of hydrogen-bond acceptors (Lipinski definition) is 3. The Morgan fingerprint density at radius 3 is 2.61 bits per heavy atom. The minimum absolute atomic E-state index is 0.155. The Labute approximate surface area is 118 Å². The van der Waals surface area contributed by atoms with Gasteiger partial charge in [0.2, 0.25) is 0 Å². The molecule has 0 bridgehead atoms. The van der Waals surface area contributed by atoms with E-state index in [-0.39, 0.29) is 11.6 Å². The molecule has 0 aromatic carbocycles. The van der Waals surface area contributed by atoms with E-state index in [1.165, 1.54) is 0 Å². The molecular weight excluding hydrogens is 292 g/mol. The largest absolute Gasteiger partial charge is 0.374 e. The van der Waals surface area contributed by atoms with E-state index in [4.69, 9.17) is 4.74 Å². The van der Waals surface area contributed by atoms with E-state index in [1.54, 1.807) is 0 Å². The number of pyridine rings is 1. The summed E-state index contributed by atoms with van der Waals surface area (Å²) < 4.78 is 6.94. The number of aromatic nitrogens is 1. The molecule has 0 fully saturated rings. The van der Waals surface area contributed by atoms with Gasteiger partial charge in [0.15, 0.2) is 0 Å². The third-order valence-corrected chi connectivity index (χ3v) is 3.93. The van der Waals surface area contributed by atoms with Crippen molar-refractivity contribution >= 4 is 15.9 Å². The molecule has 1 N–H and O–H groups in total. The van der Waals surface area contributed by atoms with Gasteiger partial charge < -0.3 is 10.1 Å². The Morgan fingerprint density at radius 2 is 2.17 bits per heavy atom. The highest BCUT2D eigenvalue weighted by Gasteiger charge is 2.32. The lowest BCUT2D eigenvalue weighted by atomic mass is 9.89. The summed E-state index contributed by atoms with van der Waals surface area (Å²) in [6, 6.07) is 4.34. The van der Waals surface area contributed by atoms with Crippen molar-refractivity contribution in [3.63, 3.8) is 0 Å². The summed E-state index contributed by atoms with van der Waals surface area (Å²) in [6.45, 7) is 7.10. The lowest BCUT2D eigenvalue weighted by molar-refractivity contribution is -0.0536. The fourth-order valence-electron chi connectivity index (χ4n) is 2.14. The first kappa shape index (κ1) is 15.6. The zero-order valence-corrected chi connectivity index (χ0v) is 13.3. The van der Waals surface area contributed by atoms with Gasteiger partial charge in [0.25, 0.3) is 0 Å². The average molecular weight is 315 g/mol. The molecule has 0 aliphatic heterocycles. The highest BCUT2D eigenvalue weighted by atomic mass is 79.9. The molecule has 1 rings (SSSR count). The minimum atomic E-state index is -0.155. The first-order valence-electron chi connectivity index (χ1n) is 6.47. The van der Waals surface area contributed by atoms with Crippen LogP contribution in [0.15, 0.2) is 22.8 Å². The van der Waals surface area contributed by atoms with Crippen LogP contribution in [0.1, 0.15) is 32.9 Å². The number of nitrogens with one attached hydrogen (secondary N) is 1. The van der Waals surface area contributed by atoms with Gasteiger partial charge in [0, 0.05) is 35.4 Å². The first-order chi connectivity index (χ1) is 8.55. The molecule has 1 aromatic rings. The molecule has 2 unspecified atom stereocenters. The van der Waals surface area contributed by atoms with Crippen molar-refractivity contribution < 1.29 is 4.74 Å². The molecule has 4 heteroatoms. The van der Waals surface area contributed by atoms with Crippen molar-refractivity contribution in [1.29, 1.82) is 0 Å². The SMILES string of the molecule is CCOC(C)(CC)C(Cc1ccc(Br)cn1)NC. The summed E-state index contributed by atoms with van der Waals surface area (Å²) in [5.41, 5.74) is 0.926. The second kappa shape index (κ2) is 7.22. The van der Waals surface area contributed by atoms with Crippen LogP contribution in [0.3, 0.4) is 0 Å². The number of likely N-dealkylation sites (N-methyl/N-ethyl adjacent to an activating group) is 1. The van der Waals surface area contributed by atoms with Crippen LogP contribution in [-0.4, -0.2) is 30.3 Å². The Bertz CT molecular complexity index is 355. The third kappa shape index (κ3) is 4.04. The summed E-state index contributed by atoms with van der Waals surface area (Å²) in [6.07, 6.45) is 3.68. The predicted molar refractivity (Wildman–Crippen MR) is 78.8 cm³/mol. The van der Waals surface area contributed by atoms with Crippen molar-refractivity contribution in [2.75, 3.05) is 13.7 Å². The number of halogens is 1. The van der Waals surface area contributed by atoms with Crippen LogP contribution in [0.4, 0.5) is 0 Å². The van der Waals surface area contributed by atoms with E-state index in [1.807, 2.05) is 26.2 Å². The smallest absolute Gasteiger partial charge is 0.0807 e. The van der Waals surface area contributed by atoms with Crippen molar-refractivity contribution in [2.24, 2.45) is 0 Å². The standard InChI is InChI=1S/C14H23BrN2O/c1-5-14(3,18-6-2)13(16-4)9-12-8-7-11(15)10-17-12/h7-8,10,13,16H,5-6,9H2,1-4H3. The highest BCUT2D eigenvalue weighted by Crippen LogP contribution is 2.23. The molecular formula is C14H23BrN2O. The van der Waals surface area contributed by atoms with Gasteiger partial charge in [-0.15, -0.1) is 0 Å². The predicted octanol–water partition coefficient (Wildman–Crippen LogP) is 3.18. The van der Waals surface area contributed by atoms with Crippen LogP contribution in [-0.2, 0) is 11.2 Å². The van der Waals surface area contributed by atoms with Crippen LogP contribution in [0, 0.1) is 0 Å². The summed E-state index contributed by atoms with van der Waals surface area (Å²) in [5, 5.41) is 3.36. The Morgan fingerprint density at radius 1 is 1.44 bits per heavy atom. The molecule has 0 aliphatic carbocycles. The van der Waals surface area contributed by atoms with Gasteiger partial charge >= 0.3 is 0 Å². The van der Waals surface area contributed by atoms with E-state index in [2.05, 4.69) is 46.1 Å². The maximum absolute atomic E-state index is 5.93. The van der Waals surface area contributed by atoms with E-state index >= 15 is 0 Å². The van der Waals surface area contributed by atoms with Crippen molar-refractivity contribution in [3.8, 4) is 0 Å².